The predicted octanol–water partition coefficient (Wildman–Crippen LogP) is 1.37. The standard InChI is InChI=1S/C17H24N2O3/c1-17(2,3)22-15(20)12-19-10-9-18-14(16(19)21)11-13-7-5-4-6-8-13/h4-8,14,18H,9-12H2,1-3H3. The molecule has 1 N–H and O–H groups in total. The van der Waals surface area contributed by atoms with Crippen LogP contribution in [-0.2, 0) is 20.7 Å². The number of hydrogen-bond acceptors (Lipinski definition) is 4. The predicted molar refractivity (Wildman–Crippen MR) is 84.4 cm³/mol. The summed E-state index contributed by atoms with van der Waals surface area (Å²) < 4.78 is 5.29. The Balaban J connectivity index is 1.94. The first kappa shape index (κ1) is 16.5. The summed E-state index contributed by atoms with van der Waals surface area (Å²) in [4.78, 5) is 26.0. The molecule has 5 heteroatoms. The number of carbonyl (C=O) groups is 2. The number of piperazine rings is 1. The summed E-state index contributed by atoms with van der Waals surface area (Å²) in [5.41, 5.74) is 0.574. The number of nitrogens with zero attached hydrogens (tertiary/aromatic N) is 1. The Morgan fingerprint density at radius 1 is 1.32 bits per heavy atom. The largest absolute Gasteiger partial charge is 0.459 e. The van der Waals surface area contributed by atoms with Gasteiger partial charge in [-0.15, -0.1) is 0 Å². The highest BCUT2D eigenvalue weighted by atomic mass is 16.6. The molecule has 0 bridgehead atoms. The van der Waals surface area contributed by atoms with Gasteiger partial charge in [0.05, 0.1) is 6.04 Å². The molecule has 0 aromatic heterocycles. The van der Waals surface area contributed by atoms with Crippen molar-refractivity contribution in [1.29, 1.82) is 0 Å². The topological polar surface area (TPSA) is 58.6 Å². The summed E-state index contributed by atoms with van der Waals surface area (Å²) >= 11 is 0. The first-order valence-electron chi connectivity index (χ1n) is 7.63. The zero-order valence-corrected chi connectivity index (χ0v) is 13.5. The van der Waals surface area contributed by atoms with Gasteiger partial charge < -0.3 is 15.0 Å². The molecule has 2 rings (SSSR count). The van der Waals surface area contributed by atoms with Crippen molar-refractivity contribution in [1.82, 2.24) is 10.2 Å². The number of ether oxygens (including phenoxy) is 1. The molecule has 1 saturated heterocycles. The van der Waals surface area contributed by atoms with Crippen molar-refractivity contribution < 1.29 is 14.3 Å². The highest BCUT2D eigenvalue weighted by molar-refractivity contribution is 5.86. The zero-order chi connectivity index (χ0) is 16.2. The van der Waals surface area contributed by atoms with Crippen LogP contribution < -0.4 is 5.32 Å². The number of esters is 1. The van der Waals surface area contributed by atoms with E-state index in [0.717, 1.165) is 5.56 Å². The van der Waals surface area contributed by atoms with Crippen LogP contribution in [0.2, 0.25) is 0 Å². The minimum atomic E-state index is -0.530. The van der Waals surface area contributed by atoms with Crippen LogP contribution in [0.5, 0.6) is 0 Å². The molecule has 0 radical (unpaired) electrons. The zero-order valence-electron chi connectivity index (χ0n) is 13.5. The van der Waals surface area contributed by atoms with Crippen LogP contribution in [0.25, 0.3) is 0 Å². The molecule has 1 fully saturated rings. The fourth-order valence-electron chi connectivity index (χ4n) is 2.49. The van der Waals surface area contributed by atoms with E-state index in [1.807, 2.05) is 51.1 Å². The van der Waals surface area contributed by atoms with Gasteiger partial charge in [0.15, 0.2) is 0 Å². The van der Waals surface area contributed by atoms with E-state index in [4.69, 9.17) is 4.74 Å². The second-order valence-electron chi connectivity index (χ2n) is 6.54. The molecule has 120 valence electrons. The van der Waals surface area contributed by atoms with E-state index in [1.165, 1.54) is 0 Å². The highest BCUT2D eigenvalue weighted by Crippen LogP contribution is 2.11. The number of rotatable bonds is 4. The molecular formula is C17H24N2O3. The first-order chi connectivity index (χ1) is 10.3. The molecular weight excluding hydrogens is 280 g/mol. The lowest BCUT2D eigenvalue weighted by Gasteiger charge is -2.33. The fraction of sp³-hybridized carbons (Fsp3) is 0.529. The summed E-state index contributed by atoms with van der Waals surface area (Å²) in [6.07, 6.45) is 0.629. The number of hydrogen-bond donors (Lipinski definition) is 1. The van der Waals surface area contributed by atoms with E-state index in [-0.39, 0.29) is 24.5 Å². The molecule has 1 atom stereocenters. The second kappa shape index (κ2) is 6.92. The van der Waals surface area contributed by atoms with Crippen LogP contribution >= 0.6 is 0 Å². The average molecular weight is 304 g/mol. The number of carbonyl (C=O) groups excluding carboxylic acids is 2. The van der Waals surface area contributed by atoms with Crippen LogP contribution in [0.3, 0.4) is 0 Å². The quantitative estimate of drug-likeness (QED) is 0.854. The third kappa shape index (κ3) is 4.84. The van der Waals surface area contributed by atoms with Gasteiger partial charge in [-0.3, -0.25) is 9.59 Å². The van der Waals surface area contributed by atoms with Gasteiger partial charge in [-0.05, 0) is 32.8 Å². The van der Waals surface area contributed by atoms with E-state index >= 15 is 0 Å². The summed E-state index contributed by atoms with van der Waals surface area (Å²) in [7, 11) is 0. The van der Waals surface area contributed by atoms with Gasteiger partial charge in [0.1, 0.15) is 12.1 Å². The van der Waals surface area contributed by atoms with E-state index in [2.05, 4.69) is 5.32 Å². The van der Waals surface area contributed by atoms with Crippen LogP contribution in [0.15, 0.2) is 30.3 Å². The van der Waals surface area contributed by atoms with Crippen LogP contribution in [0.4, 0.5) is 0 Å². The van der Waals surface area contributed by atoms with E-state index in [9.17, 15) is 9.59 Å². The molecule has 1 unspecified atom stereocenters. The number of benzene rings is 1. The third-order valence-electron chi connectivity index (χ3n) is 3.40. The van der Waals surface area contributed by atoms with Gasteiger partial charge >= 0.3 is 5.97 Å². The van der Waals surface area contributed by atoms with E-state index in [0.29, 0.717) is 19.5 Å². The van der Waals surface area contributed by atoms with Gasteiger partial charge in [-0.1, -0.05) is 30.3 Å². The van der Waals surface area contributed by atoms with Crippen molar-refractivity contribution >= 4 is 11.9 Å². The molecule has 0 spiro atoms. The first-order valence-corrected chi connectivity index (χ1v) is 7.63. The van der Waals surface area contributed by atoms with Crippen molar-refractivity contribution in [3.8, 4) is 0 Å². The van der Waals surface area contributed by atoms with Gasteiger partial charge in [0, 0.05) is 13.1 Å². The van der Waals surface area contributed by atoms with Gasteiger partial charge in [0.25, 0.3) is 0 Å². The maximum absolute atomic E-state index is 12.5. The van der Waals surface area contributed by atoms with E-state index < -0.39 is 5.60 Å². The Kier molecular flexibility index (Phi) is 5.19. The van der Waals surface area contributed by atoms with Crippen molar-refractivity contribution in [3.63, 3.8) is 0 Å². The van der Waals surface area contributed by atoms with Crippen LogP contribution in [-0.4, -0.2) is 48.1 Å². The molecule has 1 heterocycles. The van der Waals surface area contributed by atoms with Crippen LogP contribution in [0.1, 0.15) is 26.3 Å². The van der Waals surface area contributed by atoms with Crippen molar-refractivity contribution in [2.24, 2.45) is 0 Å². The number of nitrogens with one attached hydrogen (secondary N) is 1. The molecule has 5 nitrogen and oxygen atoms in total. The Morgan fingerprint density at radius 3 is 2.64 bits per heavy atom. The van der Waals surface area contributed by atoms with E-state index in [1.54, 1.807) is 4.90 Å². The SMILES string of the molecule is CC(C)(C)OC(=O)CN1CCNC(Cc2ccccc2)C1=O. The fourth-order valence-corrected chi connectivity index (χ4v) is 2.49. The molecule has 0 aliphatic carbocycles. The minimum Gasteiger partial charge on any atom is -0.459 e. The maximum atomic E-state index is 12.5. The molecule has 1 aromatic carbocycles. The molecule has 1 aliphatic heterocycles. The normalized spacial score (nSPS) is 19.1. The highest BCUT2D eigenvalue weighted by Gasteiger charge is 2.30. The third-order valence-corrected chi connectivity index (χ3v) is 3.40. The average Bonchev–Trinajstić information content (AvgIpc) is 2.42. The summed E-state index contributed by atoms with van der Waals surface area (Å²) in [5, 5.41) is 3.23. The molecule has 22 heavy (non-hydrogen) atoms. The van der Waals surface area contributed by atoms with Crippen molar-refractivity contribution in [2.45, 2.75) is 38.8 Å². The lowest BCUT2D eigenvalue weighted by molar-refractivity contribution is -0.159. The second-order valence-corrected chi connectivity index (χ2v) is 6.54. The summed E-state index contributed by atoms with van der Waals surface area (Å²) in [5.74, 6) is -0.401. The molecule has 1 aliphatic rings. The monoisotopic (exact) mass is 304 g/mol. The Hall–Kier alpha value is -1.88. The van der Waals surface area contributed by atoms with Crippen LogP contribution in [0, 0.1) is 0 Å². The smallest absolute Gasteiger partial charge is 0.326 e. The Labute approximate surface area is 131 Å². The lowest BCUT2D eigenvalue weighted by atomic mass is 10.0. The minimum absolute atomic E-state index is 0.0169. The molecule has 0 saturated carbocycles. The van der Waals surface area contributed by atoms with Gasteiger partial charge in [0.2, 0.25) is 5.91 Å². The van der Waals surface area contributed by atoms with Crippen molar-refractivity contribution in [3.05, 3.63) is 35.9 Å². The Bertz CT molecular complexity index is 522. The van der Waals surface area contributed by atoms with Gasteiger partial charge in [-0.25, -0.2) is 0 Å². The number of amides is 1. The summed E-state index contributed by atoms with van der Waals surface area (Å²) in [6.45, 7) is 6.70. The molecule has 1 aromatic rings. The lowest BCUT2D eigenvalue weighted by Crippen LogP contribution is -2.57. The Morgan fingerprint density at radius 2 is 2.00 bits per heavy atom. The molecule has 1 amide bonds. The van der Waals surface area contributed by atoms with Gasteiger partial charge in [-0.2, -0.15) is 0 Å². The summed E-state index contributed by atoms with van der Waals surface area (Å²) in [6, 6.07) is 9.60. The maximum Gasteiger partial charge on any atom is 0.326 e. The van der Waals surface area contributed by atoms with Crippen molar-refractivity contribution in [2.75, 3.05) is 19.6 Å².